The van der Waals surface area contributed by atoms with E-state index in [4.69, 9.17) is 9.47 Å². The van der Waals surface area contributed by atoms with Crippen molar-refractivity contribution in [3.8, 4) is 5.75 Å². The summed E-state index contributed by atoms with van der Waals surface area (Å²) in [6.07, 6.45) is 2.22. The van der Waals surface area contributed by atoms with Gasteiger partial charge in [-0.05, 0) is 17.5 Å². The number of ether oxygens (including phenoxy) is 2. The third-order valence-electron chi connectivity index (χ3n) is 4.12. The lowest BCUT2D eigenvalue weighted by Gasteiger charge is -2.27. The minimum atomic E-state index is -0.512. The van der Waals surface area contributed by atoms with E-state index in [1.807, 2.05) is 0 Å². The molecule has 1 aromatic rings. The molecule has 0 saturated carbocycles. The monoisotopic (exact) mass is 336 g/mol. The van der Waals surface area contributed by atoms with Crippen LogP contribution < -0.4 is 4.74 Å². The molecule has 1 rings (SSSR count). The van der Waals surface area contributed by atoms with Gasteiger partial charge in [0.05, 0.1) is 33.0 Å². The summed E-state index contributed by atoms with van der Waals surface area (Å²) >= 11 is 0. The Hall–Kier alpha value is -1.66. The number of hydrogen-bond donors (Lipinski definition) is 0. The van der Waals surface area contributed by atoms with Crippen LogP contribution in [0.2, 0.25) is 18.1 Å². The van der Waals surface area contributed by atoms with Gasteiger partial charge in [0.15, 0.2) is 0 Å². The first-order valence-electron chi connectivity index (χ1n) is 7.56. The summed E-state index contributed by atoms with van der Waals surface area (Å²) in [4.78, 5) is 11.0. The number of benzene rings is 1. The molecule has 0 aliphatic rings. The second-order valence-electron chi connectivity index (χ2n) is 6.42. The van der Waals surface area contributed by atoms with Crippen molar-refractivity contribution in [1.29, 1.82) is 0 Å². The fourth-order valence-corrected chi connectivity index (χ4v) is 2.40. The number of allylic oxidation sites excluding steroid dienone is 1. The first-order chi connectivity index (χ1) is 10.7. The van der Waals surface area contributed by atoms with Crippen molar-refractivity contribution in [2.24, 2.45) is 0 Å². The molecule has 0 amide bonds. The zero-order chi connectivity index (χ0) is 17.6. The average molecular weight is 336 g/mol. The van der Waals surface area contributed by atoms with Crippen LogP contribution in [-0.4, -0.2) is 27.4 Å². The zero-order valence-electron chi connectivity index (χ0n) is 14.6. The molecule has 1 aromatic carbocycles. The molecule has 127 valence electrons. The Kier molecular flexibility index (Phi) is 6.96. The number of nitrogens with zero attached hydrogens (tertiary/aromatic N) is 1. The summed E-state index contributed by atoms with van der Waals surface area (Å²) in [5.74, 6) is 0.629. The van der Waals surface area contributed by atoms with Crippen LogP contribution >= 0.6 is 0 Å². The van der Waals surface area contributed by atoms with E-state index in [2.05, 4.69) is 33.5 Å². The van der Waals surface area contributed by atoms with Crippen LogP contribution in [0.1, 0.15) is 25.0 Å². The van der Waals surface area contributed by atoms with E-state index in [1.54, 1.807) is 25.3 Å². The molecule has 0 aliphatic heterocycles. The van der Waals surface area contributed by atoms with Crippen molar-refractivity contribution in [2.45, 2.75) is 45.0 Å². The van der Waals surface area contributed by atoms with E-state index in [1.165, 1.54) is 0 Å². The molecule has 0 bridgehead atoms. The highest BCUT2D eigenvalue weighted by atomic mass is 28.3. The largest absolute Gasteiger partial charge is 0.496 e. The molecular weight excluding hydrogens is 310 g/mol. The van der Waals surface area contributed by atoms with Crippen molar-refractivity contribution in [3.05, 3.63) is 46.0 Å². The Morgan fingerprint density at radius 3 is 2.48 bits per heavy atom. The lowest BCUT2D eigenvalue weighted by Crippen LogP contribution is -2.26. The van der Waals surface area contributed by atoms with Gasteiger partial charge >= 0.3 is 0 Å². The highest BCUT2D eigenvalue weighted by Gasteiger charge is 2.25. The minimum absolute atomic E-state index is 0.0685. The summed E-state index contributed by atoms with van der Waals surface area (Å²) in [5.41, 5.74) is 1.36. The van der Waals surface area contributed by atoms with Crippen molar-refractivity contribution < 1.29 is 14.4 Å². The highest BCUT2D eigenvalue weighted by molar-refractivity contribution is 6.59. The average Bonchev–Trinajstić information content (AvgIpc) is 2.47. The third-order valence-corrected chi connectivity index (χ3v) is 6.97. The summed E-state index contributed by atoms with van der Waals surface area (Å²) in [5, 5.41) is 11.5. The first kappa shape index (κ1) is 19.4. The van der Waals surface area contributed by atoms with Gasteiger partial charge in [-0.25, -0.2) is 0 Å². The Labute approximate surface area is 140 Å². The predicted molar refractivity (Wildman–Crippen MR) is 94.7 cm³/mol. The maximum Gasteiger partial charge on any atom is 0.275 e. The van der Waals surface area contributed by atoms with Gasteiger partial charge in [0.2, 0.25) is 0 Å². The first-order valence-corrected chi connectivity index (χ1v) is 10.1. The fraction of sp³-hybridized carbons (Fsp3) is 0.529. The fourth-order valence-electron chi connectivity index (χ4n) is 2.00. The molecule has 0 aromatic heterocycles. The van der Waals surface area contributed by atoms with Gasteiger partial charge in [0, 0.05) is 18.2 Å². The van der Waals surface area contributed by atoms with Gasteiger partial charge in [-0.3, -0.25) is 10.1 Å². The van der Waals surface area contributed by atoms with Crippen molar-refractivity contribution in [1.82, 2.24) is 0 Å². The molecule has 23 heavy (non-hydrogen) atoms. The molecule has 0 spiro atoms. The van der Waals surface area contributed by atoms with Crippen LogP contribution in [0.15, 0.2) is 24.8 Å². The van der Waals surface area contributed by atoms with E-state index in [9.17, 15) is 10.1 Å². The summed E-state index contributed by atoms with van der Waals surface area (Å²) in [7, 11) is 1.05. The van der Waals surface area contributed by atoms with Gasteiger partial charge in [0.25, 0.3) is 5.69 Å². The van der Waals surface area contributed by atoms with E-state index in [0.29, 0.717) is 24.3 Å². The highest BCUT2D eigenvalue weighted by Crippen LogP contribution is 2.32. The second-order valence-corrected chi connectivity index (χ2v) is 9.77. The molecule has 0 saturated heterocycles. The lowest BCUT2D eigenvalue weighted by molar-refractivity contribution is -0.386. The Balaban J connectivity index is 3.00. The minimum Gasteiger partial charge on any atom is -0.496 e. The SMILES string of the molecule is C=CCc1cc([N+](=O)[O-])c(COCC(C)(C)[Si](C)C)cc1OC. The number of rotatable bonds is 9. The number of nitro benzene ring substituents is 1. The summed E-state index contributed by atoms with van der Waals surface area (Å²) in [6.45, 7) is 13.3. The van der Waals surface area contributed by atoms with E-state index >= 15 is 0 Å². The number of methoxy groups -OCH3 is 1. The summed E-state index contributed by atoms with van der Waals surface area (Å²) in [6, 6.07) is 3.26. The van der Waals surface area contributed by atoms with Crippen LogP contribution in [0.3, 0.4) is 0 Å². The number of hydrogen-bond acceptors (Lipinski definition) is 4. The van der Waals surface area contributed by atoms with E-state index < -0.39 is 8.80 Å². The second kappa shape index (κ2) is 8.26. The molecule has 0 heterocycles. The molecule has 0 atom stereocenters. The standard InChI is InChI=1S/C17H26NO4Si/c1-7-8-13-9-15(18(19)20)14(10-16(13)21-4)11-22-12-17(2,3)23(5)6/h7,9-10H,1,8,11-12H2,2-6H3. The molecule has 0 aliphatic carbocycles. The molecule has 0 fully saturated rings. The lowest BCUT2D eigenvalue weighted by atomic mass is 10.1. The molecular formula is C17H26NO4Si. The smallest absolute Gasteiger partial charge is 0.275 e. The molecule has 0 N–H and O–H groups in total. The maximum atomic E-state index is 11.3. The quantitative estimate of drug-likeness (QED) is 0.290. The topological polar surface area (TPSA) is 61.6 Å². The molecule has 0 unspecified atom stereocenters. The van der Waals surface area contributed by atoms with Crippen LogP contribution in [0.25, 0.3) is 0 Å². The normalized spacial score (nSPS) is 11.6. The van der Waals surface area contributed by atoms with Gasteiger partial charge in [-0.15, -0.1) is 6.58 Å². The Bertz CT molecular complexity index is 570. The van der Waals surface area contributed by atoms with Gasteiger partial charge in [-0.2, -0.15) is 0 Å². The third kappa shape index (κ3) is 5.18. The van der Waals surface area contributed by atoms with E-state index in [-0.39, 0.29) is 22.3 Å². The molecule has 6 heteroatoms. The van der Waals surface area contributed by atoms with Gasteiger partial charge < -0.3 is 9.47 Å². The summed E-state index contributed by atoms with van der Waals surface area (Å²) < 4.78 is 11.1. The number of nitro groups is 1. The van der Waals surface area contributed by atoms with Crippen molar-refractivity contribution in [3.63, 3.8) is 0 Å². The van der Waals surface area contributed by atoms with Gasteiger partial charge in [-0.1, -0.05) is 33.0 Å². The van der Waals surface area contributed by atoms with Crippen LogP contribution in [0.5, 0.6) is 5.75 Å². The van der Waals surface area contributed by atoms with Crippen LogP contribution in [-0.2, 0) is 17.8 Å². The zero-order valence-corrected chi connectivity index (χ0v) is 15.6. The van der Waals surface area contributed by atoms with Crippen LogP contribution in [0, 0.1) is 10.1 Å². The molecule has 1 radical (unpaired) electrons. The van der Waals surface area contributed by atoms with E-state index in [0.717, 1.165) is 5.56 Å². The van der Waals surface area contributed by atoms with Crippen molar-refractivity contribution in [2.75, 3.05) is 13.7 Å². The van der Waals surface area contributed by atoms with Gasteiger partial charge in [0.1, 0.15) is 5.75 Å². The Morgan fingerprint density at radius 1 is 1.35 bits per heavy atom. The van der Waals surface area contributed by atoms with Crippen LogP contribution in [0.4, 0.5) is 5.69 Å². The maximum absolute atomic E-state index is 11.3. The Morgan fingerprint density at radius 2 is 2.00 bits per heavy atom. The predicted octanol–water partition coefficient (Wildman–Crippen LogP) is 4.38. The van der Waals surface area contributed by atoms with Crippen molar-refractivity contribution >= 4 is 14.5 Å². The molecule has 5 nitrogen and oxygen atoms in total.